The normalized spacial score (nSPS) is 10.6. The number of carbonyl (C=O) groups is 1. The van der Waals surface area contributed by atoms with Gasteiger partial charge in [-0.1, -0.05) is 48.5 Å². The smallest absolute Gasteiger partial charge is 0.230 e. The van der Waals surface area contributed by atoms with E-state index in [-0.39, 0.29) is 5.91 Å². The third-order valence-electron chi connectivity index (χ3n) is 3.58. The molecule has 1 N–H and O–H groups in total. The van der Waals surface area contributed by atoms with Crippen LogP contribution in [0.3, 0.4) is 0 Å². The number of nitrogens with zero attached hydrogens (tertiary/aromatic N) is 4. The summed E-state index contributed by atoms with van der Waals surface area (Å²) in [6.07, 6.45) is 0.837. The molecule has 3 rings (SSSR count). The number of rotatable bonds is 8. The maximum atomic E-state index is 11.9. The van der Waals surface area contributed by atoms with E-state index in [1.54, 1.807) is 4.68 Å². The second kappa shape index (κ2) is 8.98. The molecule has 0 fully saturated rings. The summed E-state index contributed by atoms with van der Waals surface area (Å²) in [5, 5.41) is 14.7. The lowest BCUT2D eigenvalue weighted by Crippen LogP contribution is -2.27. The van der Waals surface area contributed by atoms with E-state index < -0.39 is 0 Å². The van der Waals surface area contributed by atoms with Crippen LogP contribution in [-0.4, -0.2) is 38.4 Å². The minimum absolute atomic E-state index is 0.0275. The fraction of sp³-hybridized carbons (Fsp3) is 0.222. The molecular weight excluding hydrogens is 334 g/mol. The largest absolute Gasteiger partial charge is 0.355 e. The molecule has 1 aromatic heterocycles. The van der Waals surface area contributed by atoms with Crippen molar-refractivity contribution in [1.82, 2.24) is 25.5 Å². The van der Waals surface area contributed by atoms with E-state index in [9.17, 15) is 4.79 Å². The Hall–Kier alpha value is -2.67. The van der Waals surface area contributed by atoms with Crippen LogP contribution < -0.4 is 5.32 Å². The number of carbonyl (C=O) groups excluding carboxylic acids is 1. The number of para-hydroxylation sites is 1. The van der Waals surface area contributed by atoms with Crippen LogP contribution in [0.25, 0.3) is 5.69 Å². The zero-order valence-corrected chi connectivity index (χ0v) is 14.5. The Morgan fingerprint density at radius 3 is 2.52 bits per heavy atom. The average Bonchev–Trinajstić information content (AvgIpc) is 3.12. The van der Waals surface area contributed by atoms with Crippen molar-refractivity contribution in [2.75, 3.05) is 12.3 Å². The summed E-state index contributed by atoms with van der Waals surface area (Å²) >= 11 is 1.50. The summed E-state index contributed by atoms with van der Waals surface area (Å²) in [5.41, 5.74) is 2.13. The van der Waals surface area contributed by atoms with Gasteiger partial charge in [0.25, 0.3) is 0 Å². The fourth-order valence-corrected chi connectivity index (χ4v) is 3.09. The molecule has 1 amide bonds. The first kappa shape index (κ1) is 17.2. The molecule has 0 aliphatic rings. The van der Waals surface area contributed by atoms with Crippen LogP contribution in [-0.2, 0) is 17.0 Å². The third kappa shape index (κ3) is 5.15. The van der Waals surface area contributed by atoms with Gasteiger partial charge in [-0.25, -0.2) is 0 Å². The zero-order chi connectivity index (χ0) is 17.3. The van der Waals surface area contributed by atoms with E-state index in [2.05, 4.69) is 33.0 Å². The zero-order valence-electron chi connectivity index (χ0n) is 13.7. The highest BCUT2D eigenvalue weighted by molar-refractivity contribution is 7.99. The first-order valence-corrected chi connectivity index (χ1v) is 9.19. The second-order valence-corrected chi connectivity index (χ2v) is 6.41. The van der Waals surface area contributed by atoms with Crippen LogP contribution in [0.2, 0.25) is 0 Å². The Bertz CT molecular complexity index is 791. The quantitative estimate of drug-likeness (QED) is 0.672. The van der Waals surface area contributed by atoms with Crippen LogP contribution in [0.15, 0.2) is 60.7 Å². The van der Waals surface area contributed by atoms with Crippen molar-refractivity contribution in [2.45, 2.75) is 12.2 Å². The Morgan fingerprint density at radius 1 is 1.04 bits per heavy atom. The first-order chi connectivity index (χ1) is 12.3. The van der Waals surface area contributed by atoms with Crippen LogP contribution in [0.4, 0.5) is 0 Å². The Labute approximate surface area is 150 Å². The van der Waals surface area contributed by atoms with Gasteiger partial charge >= 0.3 is 0 Å². The Morgan fingerprint density at radius 2 is 1.76 bits per heavy atom. The van der Waals surface area contributed by atoms with E-state index in [4.69, 9.17) is 0 Å². The van der Waals surface area contributed by atoms with E-state index >= 15 is 0 Å². The van der Waals surface area contributed by atoms with Gasteiger partial charge in [-0.15, -0.1) is 16.9 Å². The minimum atomic E-state index is 0.0275. The lowest BCUT2D eigenvalue weighted by atomic mass is 10.1. The second-order valence-electron chi connectivity index (χ2n) is 5.42. The van der Waals surface area contributed by atoms with Crippen molar-refractivity contribution < 1.29 is 4.79 Å². The van der Waals surface area contributed by atoms with Gasteiger partial charge in [0, 0.05) is 6.54 Å². The minimum Gasteiger partial charge on any atom is -0.355 e. The molecule has 0 atom stereocenters. The Balaban J connectivity index is 1.41. The Kier molecular flexibility index (Phi) is 6.17. The lowest BCUT2D eigenvalue weighted by molar-refractivity contribution is -0.118. The SMILES string of the molecule is O=C(CSCc1nnnn1-c1ccccc1)NCCc1ccccc1. The van der Waals surface area contributed by atoms with Gasteiger partial charge in [0.2, 0.25) is 5.91 Å². The molecule has 0 unspecified atom stereocenters. The molecule has 128 valence electrons. The number of tetrazole rings is 1. The summed E-state index contributed by atoms with van der Waals surface area (Å²) in [6.45, 7) is 0.644. The number of benzene rings is 2. The summed E-state index contributed by atoms with van der Waals surface area (Å²) in [6, 6.07) is 19.8. The van der Waals surface area contributed by atoms with Crippen molar-refractivity contribution in [3.63, 3.8) is 0 Å². The molecule has 1 heterocycles. The van der Waals surface area contributed by atoms with Crippen LogP contribution in [0.1, 0.15) is 11.4 Å². The van der Waals surface area contributed by atoms with Gasteiger partial charge in [-0.3, -0.25) is 4.79 Å². The topological polar surface area (TPSA) is 72.7 Å². The van der Waals surface area contributed by atoms with Gasteiger partial charge in [-0.05, 0) is 34.5 Å². The number of thioether (sulfide) groups is 1. The monoisotopic (exact) mass is 353 g/mol. The van der Waals surface area contributed by atoms with E-state index in [1.165, 1.54) is 17.3 Å². The molecule has 7 heteroatoms. The van der Waals surface area contributed by atoms with Crippen LogP contribution in [0.5, 0.6) is 0 Å². The molecular formula is C18H19N5OS. The van der Waals surface area contributed by atoms with E-state index in [0.29, 0.717) is 18.1 Å². The van der Waals surface area contributed by atoms with Gasteiger partial charge < -0.3 is 5.32 Å². The molecule has 3 aromatic rings. The molecule has 25 heavy (non-hydrogen) atoms. The third-order valence-corrected chi connectivity index (χ3v) is 4.51. The summed E-state index contributed by atoms with van der Waals surface area (Å²) in [4.78, 5) is 11.9. The molecule has 0 saturated heterocycles. The van der Waals surface area contributed by atoms with Gasteiger partial charge in [-0.2, -0.15) is 4.68 Å². The first-order valence-electron chi connectivity index (χ1n) is 8.04. The van der Waals surface area contributed by atoms with Crippen molar-refractivity contribution in [3.8, 4) is 5.69 Å². The maximum Gasteiger partial charge on any atom is 0.230 e. The van der Waals surface area contributed by atoms with E-state index in [1.807, 2.05) is 48.5 Å². The standard InChI is InChI=1S/C18H19N5OS/c24-18(19-12-11-15-7-3-1-4-8-15)14-25-13-17-20-21-22-23(17)16-9-5-2-6-10-16/h1-10H,11-14H2,(H,19,24). The van der Waals surface area contributed by atoms with Crippen LogP contribution >= 0.6 is 11.8 Å². The number of hydrogen-bond donors (Lipinski definition) is 1. The van der Waals surface area contributed by atoms with E-state index in [0.717, 1.165) is 17.9 Å². The number of nitrogens with one attached hydrogen (secondary N) is 1. The van der Waals surface area contributed by atoms with Crippen molar-refractivity contribution in [1.29, 1.82) is 0 Å². The summed E-state index contributed by atoms with van der Waals surface area (Å²) in [7, 11) is 0. The maximum absolute atomic E-state index is 11.9. The summed E-state index contributed by atoms with van der Waals surface area (Å²) < 4.78 is 1.69. The highest BCUT2D eigenvalue weighted by Crippen LogP contribution is 2.13. The van der Waals surface area contributed by atoms with Gasteiger partial charge in [0.05, 0.1) is 17.2 Å². The van der Waals surface area contributed by atoms with Gasteiger partial charge in [0.1, 0.15) is 0 Å². The van der Waals surface area contributed by atoms with Gasteiger partial charge in [0.15, 0.2) is 5.82 Å². The molecule has 0 radical (unpaired) electrons. The summed E-state index contributed by atoms with van der Waals surface area (Å²) in [5.74, 6) is 1.72. The molecule has 2 aromatic carbocycles. The molecule has 0 spiro atoms. The average molecular weight is 353 g/mol. The highest BCUT2D eigenvalue weighted by atomic mass is 32.2. The predicted octanol–water partition coefficient (Wildman–Crippen LogP) is 2.25. The predicted molar refractivity (Wildman–Crippen MR) is 98.5 cm³/mol. The van der Waals surface area contributed by atoms with Crippen molar-refractivity contribution in [3.05, 3.63) is 72.1 Å². The fourth-order valence-electron chi connectivity index (χ4n) is 2.34. The van der Waals surface area contributed by atoms with Crippen molar-refractivity contribution >= 4 is 17.7 Å². The molecule has 0 aliphatic carbocycles. The number of amides is 1. The number of aromatic nitrogens is 4. The van der Waals surface area contributed by atoms with Crippen LogP contribution in [0, 0.1) is 0 Å². The number of hydrogen-bond acceptors (Lipinski definition) is 5. The molecule has 0 aliphatic heterocycles. The molecule has 6 nitrogen and oxygen atoms in total. The highest BCUT2D eigenvalue weighted by Gasteiger charge is 2.09. The lowest BCUT2D eigenvalue weighted by Gasteiger charge is -2.06. The molecule has 0 bridgehead atoms. The molecule has 0 saturated carbocycles. The van der Waals surface area contributed by atoms with Crippen molar-refractivity contribution in [2.24, 2.45) is 0 Å².